The third-order valence-corrected chi connectivity index (χ3v) is 6.82. The second-order valence-electron chi connectivity index (χ2n) is 5.15. The number of benzene rings is 2. The number of sulfonamides is 2. The van der Waals surface area contributed by atoms with E-state index in [-0.39, 0.29) is 15.7 Å². The Morgan fingerprint density at radius 1 is 0.815 bits per heavy atom. The number of hydrogen-bond acceptors (Lipinski definition) is 6. The molecule has 142 valence electrons. The van der Waals surface area contributed by atoms with E-state index < -0.39 is 36.6 Å². The Morgan fingerprint density at radius 3 is 2.04 bits per heavy atom. The quantitative estimate of drug-likeness (QED) is 0.624. The highest BCUT2D eigenvalue weighted by Gasteiger charge is 2.18. The lowest BCUT2D eigenvalue weighted by atomic mass is 10.3. The Labute approximate surface area is 157 Å². The van der Waals surface area contributed by atoms with Crippen molar-refractivity contribution in [3.05, 3.63) is 65.7 Å². The molecule has 0 unspecified atom stereocenters. The number of rotatable bonds is 6. The number of aromatic nitrogens is 1. The second-order valence-corrected chi connectivity index (χ2v) is 9.41. The molecule has 0 bridgehead atoms. The zero-order chi connectivity index (χ0) is 19.7. The Morgan fingerprint density at radius 2 is 1.44 bits per heavy atom. The van der Waals surface area contributed by atoms with E-state index in [1.807, 2.05) is 0 Å². The van der Waals surface area contributed by atoms with Gasteiger partial charge >= 0.3 is 0 Å². The number of hydrogen-bond donors (Lipinski definition) is 2. The molecule has 0 saturated carbocycles. The van der Waals surface area contributed by atoms with E-state index in [1.54, 1.807) is 5.38 Å². The van der Waals surface area contributed by atoms with E-state index in [0.29, 0.717) is 12.1 Å². The summed E-state index contributed by atoms with van der Waals surface area (Å²) in [4.78, 5) is 3.25. The highest BCUT2D eigenvalue weighted by Crippen LogP contribution is 2.22. The van der Waals surface area contributed by atoms with Crippen molar-refractivity contribution < 1.29 is 25.6 Å². The lowest BCUT2D eigenvalue weighted by Gasteiger charge is -2.10. The maximum atomic E-state index is 13.2. The molecule has 0 spiro atoms. The first-order valence-corrected chi connectivity index (χ1v) is 11.0. The molecule has 1 aromatic heterocycles. The highest BCUT2D eigenvalue weighted by atomic mass is 32.2. The molecule has 3 rings (SSSR count). The minimum absolute atomic E-state index is 0.0490. The van der Waals surface area contributed by atoms with Crippen LogP contribution in [0.25, 0.3) is 0 Å². The van der Waals surface area contributed by atoms with E-state index in [0.717, 1.165) is 17.4 Å². The molecule has 0 atom stereocenters. The van der Waals surface area contributed by atoms with Gasteiger partial charge in [0.05, 0.1) is 9.79 Å². The number of halogens is 2. The smallest absolute Gasteiger partial charge is 0.263 e. The summed E-state index contributed by atoms with van der Waals surface area (Å²) in [7, 11) is -8.05. The molecule has 7 nitrogen and oxygen atoms in total. The van der Waals surface area contributed by atoms with Crippen molar-refractivity contribution in [2.24, 2.45) is 0 Å². The fraction of sp³-hybridized carbons (Fsp3) is 0. The summed E-state index contributed by atoms with van der Waals surface area (Å²) in [6.07, 6.45) is 1.44. The summed E-state index contributed by atoms with van der Waals surface area (Å²) in [6, 6.07) is 7.01. The molecule has 2 N–H and O–H groups in total. The molecule has 27 heavy (non-hydrogen) atoms. The van der Waals surface area contributed by atoms with Crippen LogP contribution in [0.3, 0.4) is 0 Å². The summed E-state index contributed by atoms with van der Waals surface area (Å²) < 4.78 is 79.5. The third-order valence-electron chi connectivity index (χ3n) is 3.27. The average Bonchev–Trinajstić information content (AvgIpc) is 3.09. The fourth-order valence-electron chi connectivity index (χ4n) is 2.01. The van der Waals surface area contributed by atoms with Crippen molar-refractivity contribution in [2.75, 3.05) is 9.44 Å². The Kier molecular flexibility index (Phi) is 5.13. The molecule has 12 heteroatoms. The number of anilines is 2. The van der Waals surface area contributed by atoms with Crippen molar-refractivity contribution in [2.45, 2.75) is 9.79 Å². The van der Waals surface area contributed by atoms with Gasteiger partial charge in [-0.05, 0) is 42.5 Å². The molecule has 1 heterocycles. The first kappa shape index (κ1) is 19.2. The van der Waals surface area contributed by atoms with E-state index in [4.69, 9.17) is 0 Å². The number of nitrogens with zero attached hydrogens (tertiary/aromatic N) is 1. The summed E-state index contributed by atoms with van der Waals surface area (Å²) in [5.41, 5.74) is 0.0490. The SMILES string of the molecule is O=S(=O)(Nc1ccc(S(=O)(=O)Nc2nccs2)cc1)c1ccc(F)c(F)c1. The molecule has 0 aliphatic rings. The van der Waals surface area contributed by atoms with Crippen molar-refractivity contribution in [3.63, 3.8) is 0 Å². The molecule has 2 aromatic carbocycles. The molecule has 3 aromatic rings. The summed E-state index contributed by atoms with van der Waals surface area (Å²) >= 11 is 1.10. The zero-order valence-electron chi connectivity index (χ0n) is 13.3. The minimum atomic E-state index is -4.17. The number of nitrogens with one attached hydrogen (secondary N) is 2. The third kappa shape index (κ3) is 4.40. The van der Waals surface area contributed by atoms with E-state index in [1.165, 1.54) is 30.5 Å². The van der Waals surface area contributed by atoms with Gasteiger partial charge in [0, 0.05) is 17.3 Å². The van der Waals surface area contributed by atoms with Gasteiger partial charge < -0.3 is 0 Å². The standard InChI is InChI=1S/C15H11F2N3O4S3/c16-13-6-5-12(9-14(13)17)27(23,24)19-10-1-3-11(4-2-10)26(21,22)20-15-18-7-8-25-15/h1-9,19H,(H,18,20). The van der Waals surface area contributed by atoms with Crippen molar-refractivity contribution >= 4 is 42.2 Å². The zero-order valence-corrected chi connectivity index (χ0v) is 15.7. The Balaban J connectivity index is 1.80. The van der Waals surface area contributed by atoms with Gasteiger partial charge in [0.2, 0.25) is 0 Å². The summed E-state index contributed by atoms with van der Waals surface area (Å²) in [6.45, 7) is 0. The largest absolute Gasteiger partial charge is 0.280 e. The molecule has 0 fully saturated rings. The molecule has 0 aliphatic carbocycles. The monoisotopic (exact) mass is 431 g/mol. The van der Waals surface area contributed by atoms with Crippen LogP contribution < -0.4 is 9.44 Å². The maximum absolute atomic E-state index is 13.2. The van der Waals surface area contributed by atoms with Crippen LogP contribution in [0.1, 0.15) is 0 Å². The first-order chi connectivity index (χ1) is 12.7. The van der Waals surface area contributed by atoms with Gasteiger partial charge in [0.15, 0.2) is 16.8 Å². The normalized spacial score (nSPS) is 11.9. The van der Waals surface area contributed by atoms with Gasteiger partial charge in [0.1, 0.15) is 0 Å². The lowest BCUT2D eigenvalue weighted by Crippen LogP contribution is -2.15. The van der Waals surface area contributed by atoms with Crippen molar-refractivity contribution in [1.29, 1.82) is 0 Å². The molecule has 0 radical (unpaired) electrons. The summed E-state index contributed by atoms with van der Waals surface area (Å²) in [5.74, 6) is -2.47. The molecule has 0 amide bonds. The molecular formula is C15H11F2N3O4S3. The fourth-order valence-corrected chi connectivity index (χ4v) is 4.87. The van der Waals surface area contributed by atoms with Crippen LogP contribution in [0.5, 0.6) is 0 Å². The maximum Gasteiger partial charge on any atom is 0.263 e. The minimum Gasteiger partial charge on any atom is -0.280 e. The van der Waals surface area contributed by atoms with Gasteiger partial charge in [-0.2, -0.15) is 0 Å². The topological polar surface area (TPSA) is 105 Å². The van der Waals surface area contributed by atoms with Gasteiger partial charge in [-0.25, -0.2) is 30.6 Å². The Bertz CT molecular complexity index is 1160. The first-order valence-electron chi connectivity index (χ1n) is 7.18. The van der Waals surface area contributed by atoms with Crippen LogP contribution in [-0.2, 0) is 20.0 Å². The molecule has 0 saturated heterocycles. The molecular weight excluding hydrogens is 420 g/mol. The van der Waals surface area contributed by atoms with Gasteiger partial charge in [-0.15, -0.1) is 11.3 Å². The predicted octanol–water partition coefficient (Wildman–Crippen LogP) is 3.02. The van der Waals surface area contributed by atoms with Crippen molar-refractivity contribution in [1.82, 2.24) is 4.98 Å². The average molecular weight is 431 g/mol. The lowest BCUT2D eigenvalue weighted by molar-refractivity contribution is 0.504. The van der Waals surface area contributed by atoms with Gasteiger partial charge in [-0.3, -0.25) is 9.44 Å². The van der Waals surface area contributed by atoms with E-state index in [2.05, 4.69) is 14.4 Å². The highest BCUT2D eigenvalue weighted by molar-refractivity contribution is 7.93. The second kappa shape index (κ2) is 7.21. The van der Waals surface area contributed by atoms with Crippen LogP contribution in [-0.4, -0.2) is 21.8 Å². The molecule has 0 aliphatic heterocycles. The van der Waals surface area contributed by atoms with Gasteiger partial charge in [0.25, 0.3) is 20.0 Å². The number of thiazole rings is 1. The Hall–Kier alpha value is -2.57. The summed E-state index contributed by atoms with van der Waals surface area (Å²) in [5, 5.41) is 1.80. The van der Waals surface area contributed by atoms with Gasteiger partial charge in [-0.1, -0.05) is 0 Å². The predicted molar refractivity (Wildman–Crippen MR) is 96.5 cm³/mol. The van der Waals surface area contributed by atoms with Crippen molar-refractivity contribution in [3.8, 4) is 0 Å². The van der Waals surface area contributed by atoms with Crippen LogP contribution in [0.4, 0.5) is 19.6 Å². The van der Waals surface area contributed by atoms with Crippen LogP contribution >= 0.6 is 11.3 Å². The van der Waals surface area contributed by atoms with Crippen LogP contribution in [0.2, 0.25) is 0 Å². The van der Waals surface area contributed by atoms with Crippen LogP contribution in [0.15, 0.2) is 63.8 Å². The van der Waals surface area contributed by atoms with E-state index >= 15 is 0 Å². The van der Waals surface area contributed by atoms with E-state index in [9.17, 15) is 25.6 Å². The van der Waals surface area contributed by atoms with Crippen LogP contribution in [0, 0.1) is 11.6 Å².